The lowest BCUT2D eigenvalue weighted by atomic mass is 9.77. The summed E-state index contributed by atoms with van der Waals surface area (Å²) in [4.78, 5) is 2.60. The van der Waals surface area contributed by atoms with Gasteiger partial charge < -0.3 is 4.74 Å². The summed E-state index contributed by atoms with van der Waals surface area (Å²) in [6.07, 6.45) is 4.22. The van der Waals surface area contributed by atoms with Gasteiger partial charge in [0.15, 0.2) is 0 Å². The molecular weight excluding hydrogens is 162 g/mol. The third-order valence-electron chi connectivity index (χ3n) is 3.21. The van der Waals surface area contributed by atoms with Crippen molar-refractivity contribution in [3.8, 4) is 0 Å². The van der Waals surface area contributed by atoms with Crippen molar-refractivity contribution in [2.45, 2.75) is 45.6 Å². The van der Waals surface area contributed by atoms with Crippen LogP contribution in [0.25, 0.3) is 0 Å². The second-order valence-corrected chi connectivity index (χ2v) is 3.95. The minimum Gasteiger partial charge on any atom is -0.379 e. The molecule has 13 heavy (non-hydrogen) atoms. The van der Waals surface area contributed by atoms with Gasteiger partial charge in [0.25, 0.3) is 0 Å². The van der Waals surface area contributed by atoms with E-state index < -0.39 is 0 Å². The molecule has 2 rings (SSSR count). The molecule has 0 atom stereocenters. The summed E-state index contributed by atoms with van der Waals surface area (Å²) in [6, 6.07) is 0. The first kappa shape index (κ1) is 11.0. The molecule has 0 N–H and O–H groups in total. The Morgan fingerprint density at radius 1 is 1.08 bits per heavy atom. The zero-order valence-electron chi connectivity index (χ0n) is 9.31. The number of hydrogen-bond acceptors (Lipinski definition) is 2. The summed E-state index contributed by atoms with van der Waals surface area (Å²) in [6.45, 7) is 10.6. The molecule has 2 heteroatoms. The van der Waals surface area contributed by atoms with Gasteiger partial charge in [0, 0.05) is 18.6 Å². The summed E-state index contributed by atoms with van der Waals surface area (Å²) in [5, 5.41) is 0. The van der Waals surface area contributed by atoms with E-state index in [1.54, 1.807) is 0 Å². The van der Waals surface area contributed by atoms with E-state index in [0.29, 0.717) is 5.54 Å². The molecule has 1 heterocycles. The zero-order valence-corrected chi connectivity index (χ0v) is 9.31. The average Bonchev–Trinajstić information content (AvgIpc) is 2.19. The van der Waals surface area contributed by atoms with E-state index in [9.17, 15) is 0 Å². The first-order valence-corrected chi connectivity index (χ1v) is 5.64. The van der Waals surface area contributed by atoms with Gasteiger partial charge in [-0.1, -0.05) is 13.8 Å². The molecule has 1 saturated heterocycles. The van der Waals surface area contributed by atoms with Gasteiger partial charge in [-0.15, -0.1) is 0 Å². The normalized spacial score (nSPS) is 27.0. The maximum absolute atomic E-state index is 5.32. The van der Waals surface area contributed by atoms with Crippen LogP contribution in [0, 0.1) is 0 Å². The average molecular weight is 185 g/mol. The number of rotatable bonds is 1. The van der Waals surface area contributed by atoms with Crippen LogP contribution in [0.5, 0.6) is 0 Å². The predicted octanol–water partition coefficient (Wildman–Crippen LogP) is 2.29. The minimum atomic E-state index is 0.545. The molecule has 0 aromatic carbocycles. The summed E-state index contributed by atoms with van der Waals surface area (Å²) in [5.74, 6) is 0. The Labute approximate surface area is 82.3 Å². The lowest BCUT2D eigenvalue weighted by Gasteiger charge is -2.49. The minimum absolute atomic E-state index is 0.545. The maximum Gasteiger partial charge on any atom is 0.0594 e. The van der Waals surface area contributed by atoms with Crippen molar-refractivity contribution in [2.24, 2.45) is 0 Å². The molecule has 0 radical (unpaired) electrons. The van der Waals surface area contributed by atoms with E-state index in [0.717, 1.165) is 26.3 Å². The van der Waals surface area contributed by atoms with Crippen LogP contribution in [0.3, 0.4) is 0 Å². The quantitative estimate of drug-likeness (QED) is 0.621. The van der Waals surface area contributed by atoms with Gasteiger partial charge in [-0.25, -0.2) is 0 Å². The van der Waals surface area contributed by atoms with Crippen LogP contribution in [0.1, 0.15) is 40.0 Å². The number of hydrogen-bond donors (Lipinski definition) is 0. The summed E-state index contributed by atoms with van der Waals surface area (Å²) in [7, 11) is 0. The van der Waals surface area contributed by atoms with Crippen molar-refractivity contribution < 1.29 is 4.74 Å². The second-order valence-electron chi connectivity index (χ2n) is 3.95. The van der Waals surface area contributed by atoms with Gasteiger partial charge >= 0.3 is 0 Å². The highest BCUT2D eigenvalue weighted by atomic mass is 16.5. The Balaban J connectivity index is 0.000000396. The lowest BCUT2D eigenvalue weighted by Crippen LogP contribution is -2.55. The molecule has 2 nitrogen and oxygen atoms in total. The van der Waals surface area contributed by atoms with E-state index in [-0.39, 0.29) is 0 Å². The molecular formula is C11H23NO. The first-order valence-electron chi connectivity index (χ1n) is 5.64. The summed E-state index contributed by atoms with van der Waals surface area (Å²) >= 11 is 0. The van der Waals surface area contributed by atoms with Crippen molar-refractivity contribution in [2.75, 3.05) is 26.3 Å². The summed E-state index contributed by atoms with van der Waals surface area (Å²) < 4.78 is 5.32. The van der Waals surface area contributed by atoms with Gasteiger partial charge in [-0.3, -0.25) is 4.90 Å². The fourth-order valence-electron chi connectivity index (χ4n) is 2.11. The number of morpholine rings is 1. The highest BCUT2D eigenvalue weighted by Gasteiger charge is 2.37. The second kappa shape index (κ2) is 4.97. The molecule has 0 bridgehead atoms. The van der Waals surface area contributed by atoms with Crippen LogP contribution in [-0.4, -0.2) is 36.7 Å². The molecule has 1 saturated carbocycles. The molecule has 0 unspecified atom stereocenters. The Hall–Kier alpha value is -0.0800. The Morgan fingerprint density at radius 3 is 2.00 bits per heavy atom. The molecule has 1 aliphatic heterocycles. The molecule has 2 aliphatic rings. The fraction of sp³-hybridized carbons (Fsp3) is 1.00. The van der Waals surface area contributed by atoms with Crippen LogP contribution in [0.2, 0.25) is 0 Å². The van der Waals surface area contributed by atoms with Crippen molar-refractivity contribution in [1.29, 1.82) is 0 Å². The van der Waals surface area contributed by atoms with Crippen molar-refractivity contribution >= 4 is 0 Å². The van der Waals surface area contributed by atoms with E-state index >= 15 is 0 Å². The van der Waals surface area contributed by atoms with Crippen LogP contribution >= 0.6 is 0 Å². The van der Waals surface area contributed by atoms with Gasteiger partial charge in [0.2, 0.25) is 0 Å². The maximum atomic E-state index is 5.32. The molecule has 78 valence electrons. The van der Waals surface area contributed by atoms with Crippen LogP contribution < -0.4 is 0 Å². The fourth-order valence-corrected chi connectivity index (χ4v) is 2.11. The SMILES string of the molecule is CC.CC1(N2CCOCC2)CCC1. The number of ether oxygens (including phenoxy) is 1. The molecule has 0 spiro atoms. The largest absolute Gasteiger partial charge is 0.379 e. The van der Waals surface area contributed by atoms with Crippen molar-refractivity contribution in [1.82, 2.24) is 4.90 Å². The lowest BCUT2D eigenvalue weighted by molar-refractivity contribution is -0.0466. The standard InChI is InChI=1S/C9H17NO.C2H6/c1-9(3-2-4-9)10-5-7-11-8-6-10;1-2/h2-8H2,1H3;1-2H3. The Morgan fingerprint density at radius 2 is 1.62 bits per heavy atom. The van der Waals surface area contributed by atoms with Gasteiger partial charge in [0.05, 0.1) is 13.2 Å². The summed E-state index contributed by atoms with van der Waals surface area (Å²) in [5.41, 5.74) is 0.545. The molecule has 1 aliphatic carbocycles. The first-order chi connectivity index (χ1) is 6.31. The zero-order chi connectivity index (χ0) is 9.73. The van der Waals surface area contributed by atoms with Crippen LogP contribution in [-0.2, 0) is 4.74 Å². The smallest absolute Gasteiger partial charge is 0.0594 e. The van der Waals surface area contributed by atoms with Crippen molar-refractivity contribution in [3.63, 3.8) is 0 Å². The van der Waals surface area contributed by atoms with E-state index in [1.165, 1.54) is 19.3 Å². The topological polar surface area (TPSA) is 12.5 Å². The Bertz CT molecular complexity index is 137. The van der Waals surface area contributed by atoms with E-state index in [2.05, 4.69) is 11.8 Å². The molecule has 2 fully saturated rings. The monoisotopic (exact) mass is 185 g/mol. The number of nitrogens with zero attached hydrogens (tertiary/aromatic N) is 1. The van der Waals surface area contributed by atoms with Crippen molar-refractivity contribution in [3.05, 3.63) is 0 Å². The van der Waals surface area contributed by atoms with Crippen LogP contribution in [0.4, 0.5) is 0 Å². The third-order valence-corrected chi connectivity index (χ3v) is 3.21. The molecule has 0 aromatic heterocycles. The van der Waals surface area contributed by atoms with E-state index in [4.69, 9.17) is 4.74 Å². The van der Waals surface area contributed by atoms with Crippen LogP contribution in [0.15, 0.2) is 0 Å². The third kappa shape index (κ3) is 2.44. The van der Waals surface area contributed by atoms with E-state index in [1.807, 2.05) is 13.8 Å². The van der Waals surface area contributed by atoms with Gasteiger partial charge in [-0.2, -0.15) is 0 Å². The van der Waals surface area contributed by atoms with Gasteiger partial charge in [0.1, 0.15) is 0 Å². The predicted molar refractivity (Wildman–Crippen MR) is 56.0 cm³/mol. The Kier molecular flexibility index (Phi) is 4.20. The highest BCUT2D eigenvalue weighted by molar-refractivity contribution is 4.94. The molecule has 0 aromatic rings. The van der Waals surface area contributed by atoms with Gasteiger partial charge in [-0.05, 0) is 26.2 Å². The molecule has 0 amide bonds. The highest BCUT2D eigenvalue weighted by Crippen LogP contribution is 2.37.